The Bertz CT molecular complexity index is 749. The third kappa shape index (κ3) is 2.28. The number of hydrogen-bond acceptors (Lipinski definition) is 6. The van der Waals surface area contributed by atoms with Crippen molar-refractivity contribution >= 4 is 30.6 Å². The van der Waals surface area contributed by atoms with Crippen molar-refractivity contribution in [3.8, 4) is 0 Å². The Labute approximate surface area is 104 Å². The molecule has 0 saturated heterocycles. The highest BCUT2D eigenvalue weighted by Crippen LogP contribution is 2.19. The third-order valence-corrected chi connectivity index (χ3v) is 3.50. The van der Waals surface area contributed by atoms with Crippen LogP contribution in [0.3, 0.4) is 0 Å². The summed E-state index contributed by atoms with van der Waals surface area (Å²) in [6.07, 6.45) is 1.43. The average Bonchev–Trinajstić information content (AvgIpc) is 2.38. The molecule has 94 valence electrons. The minimum absolute atomic E-state index is 0.252. The first-order valence-electron chi connectivity index (χ1n) is 4.61. The Morgan fingerprint density at radius 1 is 1.11 bits per heavy atom. The summed E-state index contributed by atoms with van der Waals surface area (Å²) >= 11 is 0. The van der Waals surface area contributed by atoms with E-state index in [-0.39, 0.29) is 10.7 Å². The fourth-order valence-corrected chi connectivity index (χ4v) is 2.58. The second-order valence-corrected chi connectivity index (χ2v) is 4.97. The van der Waals surface area contributed by atoms with Crippen LogP contribution in [0, 0.1) is 0 Å². The quantitative estimate of drug-likeness (QED) is 0.672. The first-order valence-corrected chi connectivity index (χ1v) is 6.76. The summed E-state index contributed by atoms with van der Waals surface area (Å²) in [6.45, 7) is 0. The number of aromatic nitrogens is 1. The second-order valence-electron chi connectivity index (χ2n) is 3.17. The molecule has 18 heavy (non-hydrogen) atoms. The highest BCUT2D eigenvalue weighted by atomic mass is 32.2. The maximum atomic E-state index is 11.1. The normalized spacial score (nSPS) is 18.3. The molecule has 0 radical (unpaired) electrons. The molecule has 1 aromatic heterocycles. The molecule has 0 amide bonds. The number of nitrogens with one attached hydrogen (secondary N) is 1. The van der Waals surface area contributed by atoms with E-state index in [0.29, 0.717) is 0 Å². The van der Waals surface area contributed by atoms with E-state index in [0.717, 1.165) is 0 Å². The van der Waals surface area contributed by atoms with Crippen molar-refractivity contribution in [2.75, 3.05) is 0 Å². The van der Waals surface area contributed by atoms with Gasteiger partial charge in [-0.05, 0) is 12.1 Å². The predicted octanol–water partition coefficient (Wildman–Crippen LogP) is -0.846. The van der Waals surface area contributed by atoms with Crippen LogP contribution in [0.4, 0.5) is 0 Å². The van der Waals surface area contributed by atoms with Crippen LogP contribution >= 0.6 is 0 Å². The molecular weight excluding hydrogens is 280 g/mol. The average molecular weight is 286 g/mol. The van der Waals surface area contributed by atoms with Gasteiger partial charge in [0, 0.05) is 6.20 Å². The van der Waals surface area contributed by atoms with Crippen molar-refractivity contribution < 1.29 is 16.8 Å². The lowest BCUT2D eigenvalue weighted by atomic mass is 10.0. The van der Waals surface area contributed by atoms with E-state index in [1.54, 1.807) is 12.1 Å². The smallest absolute Gasteiger partial charge is 0.239 e. The van der Waals surface area contributed by atoms with E-state index in [1.807, 2.05) is 0 Å². The molecule has 0 fully saturated rings. The zero-order chi connectivity index (χ0) is 13.1. The molecule has 1 aliphatic rings. The lowest BCUT2D eigenvalue weighted by Crippen LogP contribution is -2.35. The van der Waals surface area contributed by atoms with Crippen LogP contribution in [-0.4, -0.2) is 31.8 Å². The molecule has 2 rings (SSSR count). The van der Waals surface area contributed by atoms with Gasteiger partial charge in [-0.3, -0.25) is 4.98 Å². The third-order valence-electron chi connectivity index (χ3n) is 2.15. The minimum atomic E-state index is -2.69. The molecule has 0 spiro atoms. The summed E-state index contributed by atoms with van der Waals surface area (Å²) in [5.74, 6) is -1.10. The molecule has 0 saturated carbocycles. The van der Waals surface area contributed by atoms with Gasteiger partial charge in [-0.25, -0.2) is 5.43 Å². The van der Waals surface area contributed by atoms with Crippen molar-refractivity contribution in [3.05, 3.63) is 30.1 Å². The number of hydrogen-bond donors (Lipinski definition) is 1. The van der Waals surface area contributed by atoms with Crippen molar-refractivity contribution in [3.63, 3.8) is 0 Å². The second kappa shape index (κ2) is 5.06. The first-order chi connectivity index (χ1) is 8.61. The highest BCUT2D eigenvalue weighted by Gasteiger charge is 2.31. The SMILES string of the molecule is O=S(=O)=C1N=NNC(=S(=O)=O)C1c1ccccn1. The van der Waals surface area contributed by atoms with E-state index in [1.165, 1.54) is 12.3 Å². The van der Waals surface area contributed by atoms with Gasteiger partial charge in [0.2, 0.25) is 20.6 Å². The summed E-state index contributed by atoms with van der Waals surface area (Å²) in [6, 6.07) is 4.75. The maximum Gasteiger partial charge on any atom is 0.239 e. The lowest BCUT2D eigenvalue weighted by molar-refractivity contribution is 0.625. The van der Waals surface area contributed by atoms with Crippen molar-refractivity contribution in [1.29, 1.82) is 0 Å². The summed E-state index contributed by atoms with van der Waals surface area (Å²) in [4.78, 5) is 3.24. The molecule has 1 unspecified atom stereocenters. The Morgan fingerprint density at radius 2 is 1.89 bits per heavy atom. The zero-order valence-electron chi connectivity index (χ0n) is 8.68. The Morgan fingerprint density at radius 3 is 2.44 bits per heavy atom. The number of rotatable bonds is 1. The molecule has 1 N–H and O–H groups in total. The fraction of sp³-hybridized carbons (Fsp3) is 0.125. The fourth-order valence-electron chi connectivity index (χ4n) is 1.43. The molecule has 0 aliphatic carbocycles. The van der Waals surface area contributed by atoms with Gasteiger partial charge >= 0.3 is 0 Å². The molecule has 1 aliphatic heterocycles. The monoisotopic (exact) mass is 286 g/mol. The van der Waals surface area contributed by atoms with Crippen LogP contribution in [0.1, 0.15) is 11.6 Å². The van der Waals surface area contributed by atoms with Gasteiger partial charge in [0.05, 0.1) is 5.69 Å². The standard InChI is InChI=1S/C8H6N4O4S2/c13-17(14)7-6(5-3-1-2-4-9-5)8(18(15)16)11-12-10-7/h1-4,6H,(H,10,11). The minimum Gasteiger partial charge on any atom is -0.260 e. The predicted molar refractivity (Wildman–Crippen MR) is 62.8 cm³/mol. The van der Waals surface area contributed by atoms with Gasteiger partial charge < -0.3 is 0 Å². The Hall–Kier alpha value is -2.07. The van der Waals surface area contributed by atoms with Gasteiger partial charge in [-0.15, -0.1) is 5.11 Å². The molecule has 10 heteroatoms. The molecular formula is C8H6N4O4S2. The topological polar surface area (TPSA) is 118 Å². The van der Waals surface area contributed by atoms with Gasteiger partial charge in [0.1, 0.15) is 5.92 Å². The largest absolute Gasteiger partial charge is 0.260 e. The van der Waals surface area contributed by atoms with Crippen LogP contribution < -0.4 is 5.43 Å². The van der Waals surface area contributed by atoms with Crippen LogP contribution in [0.15, 0.2) is 34.7 Å². The van der Waals surface area contributed by atoms with Crippen molar-refractivity contribution in [2.45, 2.75) is 5.92 Å². The molecule has 8 nitrogen and oxygen atoms in total. The van der Waals surface area contributed by atoms with E-state index in [2.05, 4.69) is 20.7 Å². The van der Waals surface area contributed by atoms with E-state index in [4.69, 9.17) is 0 Å². The number of pyridine rings is 1. The van der Waals surface area contributed by atoms with Gasteiger partial charge in [0.25, 0.3) is 0 Å². The van der Waals surface area contributed by atoms with E-state index >= 15 is 0 Å². The molecule has 2 heterocycles. The van der Waals surface area contributed by atoms with Crippen LogP contribution in [-0.2, 0) is 20.6 Å². The Kier molecular flexibility index (Phi) is 3.48. The summed E-state index contributed by atoms with van der Waals surface area (Å²) in [5.41, 5.74) is 2.43. The summed E-state index contributed by atoms with van der Waals surface area (Å²) in [7, 11) is -5.34. The zero-order valence-corrected chi connectivity index (χ0v) is 10.3. The molecule has 0 aromatic carbocycles. The maximum absolute atomic E-state index is 11.1. The highest BCUT2D eigenvalue weighted by molar-refractivity contribution is 7.75. The van der Waals surface area contributed by atoms with Crippen LogP contribution in [0.5, 0.6) is 0 Å². The van der Waals surface area contributed by atoms with Gasteiger partial charge in [0.15, 0.2) is 9.98 Å². The molecule has 0 bridgehead atoms. The van der Waals surface area contributed by atoms with Crippen molar-refractivity contribution in [1.82, 2.24) is 10.4 Å². The summed E-state index contributed by atoms with van der Waals surface area (Å²) in [5, 5.41) is 6.65. The van der Waals surface area contributed by atoms with E-state index in [9.17, 15) is 16.8 Å². The molecule has 1 atom stereocenters. The summed E-state index contributed by atoms with van der Waals surface area (Å²) < 4.78 is 44.2. The first kappa shape index (κ1) is 12.4. The lowest BCUT2D eigenvalue weighted by Gasteiger charge is -2.16. The van der Waals surface area contributed by atoms with E-state index < -0.39 is 31.5 Å². The van der Waals surface area contributed by atoms with Gasteiger partial charge in [-0.1, -0.05) is 11.3 Å². The number of nitrogens with zero attached hydrogens (tertiary/aromatic N) is 3. The Balaban J connectivity index is 2.75. The van der Waals surface area contributed by atoms with Gasteiger partial charge in [-0.2, -0.15) is 16.8 Å². The van der Waals surface area contributed by atoms with Crippen LogP contribution in [0.2, 0.25) is 0 Å². The van der Waals surface area contributed by atoms with Crippen LogP contribution in [0.25, 0.3) is 0 Å². The van der Waals surface area contributed by atoms with Crippen molar-refractivity contribution in [2.24, 2.45) is 10.3 Å². The molecule has 1 aromatic rings.